The Morgan fingerprint density at radius 3 is 2.75 bits per heavy atom. The summed E-state index contributed by atoms with van der Waals surface area (Å²) in [6, 6.07) is 7.47. The number of benzene rings is 1. The van der Waals surface area contributed by atoms with Crippen LogP contribution in [0.5, 0.6) is 0 Å². The number of hydrogen-bond donors (Lipinski definition) is 1. The Morgan fingerprint density at radius 2 is 2.10 bits per heavy atom. The van der Waals surface area contributed by atoms with E-state index >= 15 is 0 Å². The molecule has 1 aromatic heterocycles. The van der Waals surface area contributed by atoms with Crippen LogP contribution in [-0.2, 0) is 0 Å². The first-order chi connectivity index (χ1) is 9.49. The number of aromatic nitrogens is 1. The third-order valence-corrected chi connectivity index (χ3v) is 3.34. The van der Waals surface area contributed by atoms with Crippen molar-refractivity contribution in [3.05, 3.63) is 63.6 Å². The van der Waals surface area contributed by atoms with Crippen molar-refractivity contribution in [1.29, 1.82) is 0 Å². The molecule has 6 heteroatoms. The largest absolute Gasteiger partial charge is 0.345 e. The third-order valence-electron chi connectivity index (χ3n) is 2.78. The highest BCUT2D eigenvalue weighted by atomic mass is 35.5. The Hall–Kier alpha value is -1.65. The average Bonchev–Trinajstić information content (AvgIpc) is 2.38. The van der Waals surface area contributed by atoms with E-state index in [2.05, 4.69) is 10.3 Å². The molecule has 1 amide bonds. The number of carbonyl (C=O) groups excluding carboxylic acids is 1. The maximum atomic E-state index is 13.4. The molecule has 1 unspecified atom stereocenters. The first-order valence-electron chi connectivity index (χ1n) is 5.85. The Balaban J connectivity index is 2.17. The molecule has 0 spiro atoms. The summed E-state index contributed by atoms with van der Waals surface area (Å²) >= 11 is 11.9. The van der Waals surface area contributed by atoms with Gasteiger partial charge in [0.2, 0.25) is 5.95 Å². The highest BCUT2D eigenvalue weighted by Gasteiger charge is 2.17. The first kappa shape index (κ1) is 14.8. The molecule has 0 saturated carbocycles. The van der Waals surface area contributed by atoms with Gasteiger partial charge >= 0.3 is 0 Å². The number of halogens is 3. The smallest absolute Gasteiger partial charge is 0.256 e. The molecule has 0 saturated heterocycles. The second kappa shape index (κ2) is 6.20. The number of amides is 1. The molecule has 0 bridgehead atoms. The summed E-state index contributed by atoms with van der Waals surface area (Å²) in [4.78, 5) is 15.4. The number of hydrogen-bond acceptors (Lipinski definition) is 2. The quantitative estimate of drug-likeness (QED) is 0.870. The fraction of sp³-hybridized carbons (Fsp3) is 0.143. The van der Waals surface area contributed by atoms with Crippen LogP contribution in [0, 0.1) is 5.95 Å². The van der Waals surface area contributed by atoms with E-state index in [0.717, 1.165) is 0 Å². The van der Waals surface area contributed by atoms with Gasteiger partial charge in [0.15, 0.2) is 0 Å². The van der Waals surface area contributed by atoms with E-state index in [1.54, 1.807) is 25.1 Å². The molecule has 104 valence electrons. The second-order valence-electron chi connectivity index (χ2n) is 4.20. The van der Waals surface area contributed by atoms with Crippen molar-refractivity contribution < 1.29 is 9.18 Å². The lowest BCUT2D eigenvalue weighted by atomic mass is 10.1. The molecule has 3 nitrogen and oxygen atoms in total. The lowest BCUT2D eigenvalue weighted by molar-refractivity contribution is 0.0935. The standard InChI is InChI=1S/C14H11Cl2FN2O/c1-8(10-5-4-9(15)7-12(10)16)19-14(20)11-3-2-6-18-13(11)17/h2-8H,1H3,(H,19,20). The van der Waals surface area contributed by atoms with Gasteiger partial charge in [-0.05, 0) is 36.8 Å². The van der Waals surface area contributed by atoms with Gasteiger partial charge in [0.25, 0.3) is 5.91 Å². The third kappa shape index (κ3) is 3.26. The zero-order chi connectivity index (χ0) is 14.7. The molecule has 0 fully saturated rings. The zero-order valence-corrected chi connectivity index (χ0v) is 12.0. The molecule has 0 aliphatic heterocycles. The number of nitrogens with one attached hydrogen (secondary N) is 1. The van der Waals surface area contributed by atoms with Gasteiger partial charge in [0.1, 0.15) is 0 Å². The molecule has 1 heterocycles. The molecule has 1 N–H and O–H groups in total. The molecule has 0 radical (unpaired) electrons. The van der Waals surface area contributed by atoms with Crippen molar-refractivity contribution in [2.75, 3.05) is 0 Å². The van der Waals surface area contributed by atoms with Gasteiger partial charge in [0.05, 0.1) is 11.6 Å². The predicted molar refractivity (Wildman–Crippen MR) is 76.5 cm³/mol. The van der Waals surface area contributed by atoms with Gasteiger partial charge < -0.3 is 5.32 Å². The summed E-state index contributed by atoms with van der Waals surface area (Å²) in [6.07, 6.45) is 1.28. The van der Waals surface area contributed by atoms with E-state index < -0.39 is 11.9 Å². The second-order valence-corrected chi connectivity index (χ2v) is 5.05. The van der Waals surface area contributed by atoms with Gasteiger partial charge in [-0.3, -0.25) is 4.79 Å². The Kier molecular flexibility index (Phi) is 4.57. The highest BCUT2D eigenvalue weighted by molar-refractivity contribution is 6.35. The lowest BCUT2D eigenvalue weighted by Crippen LogP contribution is -2.27. The van der Waals surface area contributed by atoms with E-state index in [0.29, 0.717) is 15.6 Å². The Labute approximate surface area is 125 Å². The van der Waals surface area contributed by atoms with E-state index in [1.165, 1.54) is 18.3 Å². The summed E-state index contributed by atoms with van der Waals surface area (Å²) in [5, 5.41) is 3.62. The minimum absolute atomic E-state index is 0.107. The predicted octanol–water partition coefficient (Wildman–Crippen LogP) is 4.02. The molecule has 1 aromatic carbocycles. The number of nitrogens with zero attached hydrogens (tertiary/aromatic N) is 1. The van der Waals surface area contributed by atoms with Gasteiger partial charge in [-0.25, -0.2) is 4.98 Å². The lowest BCUT2D eigenvalue weighted by Gasteiger charge is -2.16. The van der Waals surface area contributed by atoms with Crippen LogP contribution in [0.3, 0.4) is 0 Å². The summed E-state index contributed by atoms with van der Waals surface area (Å²) < 4.78 is 13.4. The SMILES string of the molecule is CC(NC(=O)c1cccnc1F)c1ccc(Cl)cc1Cl. The van der Waals surface area contributed by atoms with Gasteiger partial charge in [0, 0.05) is 16.2 Å². The molecule has 2 aromatic rings. The monoisotopic (exact) mass is 312 g/mol. The van der Waals surface area contributed by atoms with Crippen LogP contribution in [0.4, 0.5) is 4.39 Å². The molecular weight excluding hydrogens is 302 g/mol. The van der Waals surface area contributed by atoms with Crippen molar-refractivity contribution in [2.24, 2.45) is 0 Å². The summed E-state index contributed by atoms with van der Waals surface area (Å²) in [5.74, 6) is -1.35. The van der Waals surface area contributed by atoms with E-state index in [9.17, 15) is 9.18 Å². The number of carbonyl (C=O) groups is 1. The van der Waals surface area contributed by atoms with Crippen LogP contribution < -0.4 is 5.32 Å². The molecule has 20 heavy (non-hydrogen) atoms. The van der Waals surface area contributed by atoms with Gasteiger partial charge in [-0.2, -0.15) is 4.39 Å². The van der Waals surface area contributed by atoms with Crippen LogP contribution in [0.1, 0.15) is 28.9 Å². The topological polar surface area (TPSA) is 42.0 Å². The van der Waals surface area contributed by atoms with Crippen LogP contribution >= 0.6 is 23.2 Å². The van der Waals surface area contributed by atoms with E-state index in [1.807, 2.05) is 0 Å². The number of pyridine rings is 1. The van der Waals surface area contributed by atoms with Crippen LogP contribution in [0.15, 0.2) is 36.5 Å². The Morgan fingerprint density at radius 1 is 1.35 bits per heavy atom. The maximum Gasteiger partial charge on any atom is 0.256 e. The maximum absolute atomic E-state index is 13.4. The fourth-order valence-corrected chi connectivity index (χ4v) is 2.33. The minimum atomic E-state index is -0.806. The van der Waals surface area contributed by atoms with E-state index in [-0.39, 0.29) is 11.6 Å². The van der Waals surface area contributed by atoms with Crippen molar-refractivity contribution in [2.45, 2.75) is 13.0 Å². The summed E-state index contributed by atoms with van der Waals surface area (Å²) in [5.41, 5.74) is 0.596. The molecule has 0 aliphatic carbocycles. The van der Waals surface area contributed by atoms with Crippen molar-refractivity contribution in [3.63, 3.8) is 0 Å². The number of rotatable bonds is 3. The van der Waals surface area contributed by atoms with Crippen LogP contribution in [0.25, 0.3) is 0 Å². The van der Waals surface area contributed by atoms with Gasteiger partial charge in [-0.15, -0.1) is 0 Å². The highest BCUT2D eigenvalue weighted by Crippen LogP contribution is 2.26. The van der Waals surface area contributed by atoms with Crippen LogP contribution in [0.2, 0.25) is 10.0 Å². The summed E-state index contributed by atoms with van der Waals surface area (Å²) in [7, 11) is 0. The normalized spacial score (nSPS) is 12.0. The van der Waals surface area contributed by atoms with Crippen LogP contribution in [-0.4, -0.2) is 10.9 Å². The van der Waals surface area contributed by atoms with Crippen molar-refractivity contribution >= 4 is 29.1 Å². The summed E-state index contributed by atoms with van der Waals surface area (Å²) in [6.45, 7) is 1.75. The molecular formula is C14H11Cl2FN2O. The van der Waals surface area contributed by atoms with Gasteiger partial charge in [-0.1, -0.05) is 29.3 Å². The molecule has 0 aliphatic rings. The Bertz CT molecular complexity index is 649. The first-order valence-corrected chi connectivity index (χ1v) is 6.61. The molecule has 2 rings (SSSR count). The van der Waals surface area contributed by atoms with E-state index in [4.69, 9.17) is 23.2 Å². The average molecular weight is 313 g/mol. The van der Waals surface area contributed by atoms with Crippen molar-refractivity contribution in [1.82, 2.24) is 10.3 Å². The fourth-order valence-electron chi connectivity index (χ4n) is 1.76. The zero-order valence-electron chi connectivity index (χ0n) is 10.5. The minimum Gasteiger partial charge on any atom is -0.345 e. The van der Waals surface area contributed by atoms with Crippen molar-refractivity contribution in [3.8, 4) is 0 Å². The molecule has 1 atom stereocenters.